The number of hydrogen-bond acceptors (Lipinski definition) is 5. The Bertz CT molecular complexity index is 1070. The van der Waals surface area contributed by atoms with Gasteiger partial charge in [0.05, 0.1) is 12.4 Å². The topological polar surface area (TPSA) is 39.9 Å². The van der Waals surface area contributed by atoms with E-state index in [-0.39, 0.29) is 0 Å². The zero-order chi connectivity index (χ0) is 21.3. The molecule has 0 radical (unpaired) electrons. The predicted molar refractivity (Wildman–Crippen MR) is 130 cm³/mol. The molecule has 0 saturated heterocycles. The molecule has 1 heterocycles. The van der Waals surface area contributed by atoms with Crippen LogP contribution in [0.1, 0.15) is 12.2 Å². The SMILES string of the molecule is Clc1ccc(OCCCSc2nnc(CSc3ccccc3)n2-c2ccccc2)cc1. The molecule has 0 saturated carbocycles. The maximum atomic E-state index is 5.91. The lowest BCUT2D eigenvalue weighted by Gasteiger charge is -2.10. The van der Waals surface area contributed by atoms with Gasteiger partial charge in [-0.3, -0.25) is 4.57 Å². The largest absolute Gasteiger partial charge is 0.494 e. The first-order valence-corrected chi connectivity index (χ1v) is 12.3. The minimum Gasteiger partial charge on any atom is -0.494 e. The van der Waals surface area contributed by atoms with Gasteiger partial charge < -0.3 is 4.74 Å². The highest BCUT2D eigenvalue weighted by Crippen LogP contribution is 2.27. The zero-order valence-corrected chi connectivity index (χ0v) is 19.2. The molecule has 3 aromatic carbocycles. The quantitative estimate of drug-likeness (QED) is 0.190. The van der Waals surface area contributed by atoms with E-state index in [1.54, 1.807) is 23.5 Å². The van der Waals surface area contributed by atoms with Crippen molar-refractivity contribution in [2.45, 2.75) is 22.2 Å². The van der Waals surface area contributed by atoms with Gasteiger partial charge in [0.2, 0.25) is 0 Å². The van der Waals surface area contributed by atoms with Gasteiger partial charge in [0, 0.05) is 21.4 Å². The molecule has 0 aliphatic heterocycles. The summed E-state index contributed by atoms with van der Waals surface area (Å²) in [6.45, 7) is 0.644. The van der Waals surface area contributed by atoms with Gasteiger partial charge in [-0.2, -0.15) is 0 Å². The van der Waals surface area contributed by atoms with E-state index in [4.69, 9.17) is 16.3 Å². The van der Waals surface area contributed by atoms with Crippen LogP contribution >= 0.6 is 35.1 Å². The molecule has 7 heteroatoms. The first-order valence-electron chi connectivity index (χ1n) is 9.98. The van der Waals surface area contributed by atoms with Crippen LogP contribution in [-0.4, -0.2) is 27.1 Å². The van der Waals surface area contributed by atoms with Gasteiger partial charge in [-0.05, 0) is 55.0 Å². The number of nitrogens with zero attached hydrogens (tertiary/aromatic N) is 3. The van der Waals surface area contributed by atoms with E-state index in [9.17, 15) is 0 Å². The van der Waals surface area contributed by atoms with Crippen molar-refractivity contribution < 1.29 is 4.74 Å². The average molecular weight is 468 g/mol. The fraction of sp³-hybridized carbons (Fsp3) is 0.167. The Morgan fingerprint density at radius 2 is 1.52 bits per heavy atom. The Morgan fingerprint density at radius 1 is 0.806 bits per heavy atom. The summed E-state index contributed by atoms with van der Waals surface area (Å²) in [7, 11) is 0. The molecule has 0 amide bonds. The van der Waals surface area contributed by atoms with Crippen LogP contribution < -0.4 is 4.74 Å². The molecule has 4 rings (SSSR count). The molecule has 0 bridgehead atoms. The van der Waals surface area contributed by atoms with Crippen LogP contribution in [0.15, 0.2) is 95.0 Å². The van der Waals surface area contributed by atoms with Crippen molar-refractivity contribution in [1.82, 2.24) is 14.8 Å². The molecule has 0 unspecified atom stereocenters. The number of thioether (sulfide) groups is 2. The van der Waals surface area contributed by atoms with E-state index in [2.05, 4.69) is 51.2 Å². The first kappa shape index (κ1) is 21.8. The fourth-order valence-corrected chi connectivity index (χ4v) is 4.77. The number of rotatable bonds is 10. The van der Waals surface area contributed by atoms with Crippen LogP contribution in [0.2, 0.25) is 5.02 Å². The highest BCUT2D eigenvalue weighted by atomic mass is 35.5. The molecule has 0 N–H and O–H groups in total. The molecule has 4 nitrogen and oxygen atoms in total. The van der Waals surface area contributed by atoms with Gasteiger partial charge in [-0.15, -0.1) is 22.0 Å². The fourth-order valence-electron chi connectivity index (χ4n) is 2.93. The number of ether oxygens (including phenoxy) is 1. The van der Waals surface area contributed by atoms with Crippen molar-refractivity contribution in [1.29, 1.82) is 0 Å². The van der Waals surface area contributed by atoms with Crippen LogP contribution in [0.3, 0.4) is 0 Å². The van der Waals surface area contributed by atoms with Crippen LogP contribution in [0.4, 0.5) is 0 Å². The van der Waals surface area contributed by atoms with E-state index in [1.165, 1.54) is 4.90 Å². The lowest BCUT2D eigenvalue weighted by atomic mass is 10.3. The van der Waals surface area contributed by atoms with Crippen molar-refractivity contribution in [3.05, 3.63) is 95.8 Å². The molecule has 158 valence electrons. The lowest BCUT2D eigenvalue weighted by Crippen LogP contribution is -2.03. The van der Waals surface area contributed by atoms with Crippen LogP contribution in [0.25, 0.3) is 5.69 Å². The number of benzene rings is 3. The Balaban J connectivity index is 1.38. The number of para-hydroxylation sites is 1. The first-order chi connectivity index (χ1) is 15.3. The summed E-state index contributed by atoms with van der Waals surface area (Å²) in [6, 6.07) is 28.1. The van der Waals surface area contributed by atoms with Gasteiger partial charge in [0.15, 0.2) is 5.16 Å². The van der Waals surface area contributed by atoms with Crippen LogP contribution in [0, 0.1) is 0 Å². The van der Waals surface area contributed by atoms with Gasteiger partial charge >= 0.3 is 0 Å². The summed E-state index contributed by atoms with van der Waals surface area (Å²) in [5.74, 6) is 3.43. The summed E-state index contributed by atoms with van der Waals surface area (Å²) in [4.78, 5) is 1.22. The summed E-state index contributed by atoms with van der Waals surface area (Å²) in [5.41, 5.74) is 1.08. The van der Waals surface area contributed by atoms with Crippen LogP contribution in [-0.2, 0) is 5.75 Å². The van der Waals surface area contributed by atoms with E-state index >= 15 is 0 Å². The van der Waals surface area contributed by atoms with Gasteiger partial charge in [0.1, 0.15) is 11.6 Å². The third kappa shape index (κ3) is 6.29. The number of halogens is 1. The van der Waals surface area contributed by atoms with Crippen molar-refractivity contribution in [3.63, 3.8) is 0 Å². The summed E-state index contributed by atoms with van der Waals surface area (Å²) in [5, 5.41) is 10.6. The maximum Gasteiger partial charge on any atom is 0.195 e. The molecule has 0 spiro atoms. The van der Waals surface area contributed by atoms with E-state index in [0.717, 1.165) is 40.3 Å². The Kier molecular flexibility index (Phi) is 7.93. The molecule has 0 aliphatic rings. The van der Waals surface area contributed by atoms with Crippen molar-refractivity contribution in [2.75, 3.05) is 12.4 Å². The van der Waals surface area contributed by atoms with Crippen molar-refractivity contribution in [2.24, 2.45) is 0 Å². The van der Waals surface area contributed by atoms with E-state index in [1.807, 2.05) is 48.5 Å². The molecular formula is C24H22ClN3OS2. The van der Waals surface area contributed by atoms with Crippen LogP contribution in [0.5, 0.6) is 5.75 Å². The Labute approximate surface area is 196 Å². The third-order valence-corrected chi connectivity index (χ3v) is 6.70. The highest BCUT2D eigenvalue weighted by molar-refractivity contribution is 7.99. The molecule has 31 heavy (non-hydrogen) atoms. The van der Waals surface area contributed by atoms with Gasteiger partial charge in [-0.1, -0.05) is 59.8 Å². The smallest absolute Gasteiger partial charge is 0.195 e. The average Bonchev–Trinajstić information content (AvgIpc) is 3.22. The van der Waals surface area contributed by atoms with Gasteiger partial charge in [0.25, 0.3) is 0 Å². The third-order valence-electron chi connectivity index (χ3n) is 4.43. The van der Waals surface area contributed by atoms with E-state index < -0.39 is 0 Å². The maximum absolute atomic E-state index is 5.91. The Hall–Kier alpha value is -2.41. The second kappa shape index (κ2) is 11.3. The molecule has 4 aromatic rings. The normalized spacial score (nSPS) is 10.9. The minimum absolute atomic E-state index is 0.644. The summed E-state index contributed by atoms with van der Waals surface area (Å²) < 4.78 is 7.94. The number of hydrogen-bond donors (Lipinski definition) is 0. The van der Waals surface area contributed by atoms with E-state index in [0.29, 0.717) is 11.6 Å². The minimum atomic E-state index is 0.644. The highest BCUT2D eigenvalue weighted by Gasteiger charge is 2.14. The standard InChI is InChI=1S/C24H22ClN3OS2/c25-19-12-14-21(15-13-19)29-16-7-17-30-24-27-26-23(18-31-22-10-5-2-6-11-22)28(24)20-8-3-1-4-9-20/h1-6,8-15H,7,16-18H2. The zero-order valence-electron chi connectivity index (χ0n) is 16.9. The molecular weight excluding hydrogens is 446 g/mol. The molecule has 0 atom stereocenters. The molecule has 0 fully saturated rings. The van der Waals surface area contributed by atoms with Gasteiger partial charge in [-0.25, -0.2) is 0 Å². The summed E-state index contributed by atoms with van der Waals surface area (Å²) >= 11 is 9.38. The monoisotopic (exact) mass is 467 g/mol. The Morgan fingerprint density at radius 3 is 2.26 bits per heavy atom. The number of aromatic nitrogens is 3. The molecule has 1 aromatic heterocycles. The summed E-state index contributed by atoms with van der Waals surface area (Å²) in [6.07, 6.45) is 0.906. The molecule has 0 aliphatic carbocycles. The lowest BCUT2D eigenvalue weighted by molar-refractivity contribution is 0.318. The van der Waals surface area contributed by atoms with Crippen molar-refractivity contribution in [3.8, 4) is 11.4 Å². The second-order valence-electron chi connectivity index (χ2n) is 6.68. The predicted octanol–water partition coefficient (Wildman–Crippen LogP) is 6.77. The van der Waals surface area contributed by atoms with Crippen molar-refractivity contribution >= 4 is 35.1 Å². The second-order valence-corrected chi connectivity index (χ2v) is 9.22.